The Bertz CT molecular complexity index is 1330. The second-order valence-corrected chi connectivity index (χ2v) is 11.7. The number of rotatable bonds is 17. The van der Waals surface area contributed by atoms with Gasteiger partial charge in [-0.25, -0.2) is 0 Å². The molecular formula is C37H49ClN4O3. The van der Waals surface area contributed by atoms with Crippen molar-refractivity contribution in [2.45, 2.75) is 71.3 Å². The fourth-order valence-electron chi connectivity index (χ4n) is 5.65. The molecule has 0 aliphatic carbocycles. The van der Waals surface area contributed by atoms with Crippen LogP contribution in [0.5, 0.6) is 5.75 Å². The third-order valence-corrected chi connectivity index (χ3v) is 8.26. The van der Waals surface area contributed by atoms with Crippen LogP contribution in [0.1, 0.15) is 69.9 Å². The van der Waals surface area contributed by atoms with Crippen LogP contribution in [0, 0.1) is 11.3 Å². The lowest BCUT2D eigenvalue weighted by molar-refractivity contribution is -0.135. The van der Waals surface area contributed by atoms with Gasteiger partial charge in [-0.15, -0.1) is 12.4 Å². The van der Waals surface area contributed by atoms with Crippen LogP contribution >= 0.6 is 12.4 Å². The molecule has 0 saturated carbocycles. The molecule has 2 atom stereocenters. The van der Waals surface area contributed by atoms with Crippen molar-refractivity contribution in [1.29, 1.82) is 5.41 Å². The van der Waals surface area contributed by atoms with Crippen molar-refractivity contribution in [3.63, 3.8) is 0 Å². The Morgan fingerprint density at radius 1 is 0.867 bits per heavy atom. The summed E-state index contributed by atoms with van der Waals surface area (Å²) in [4.78, 5) is 27.9. The molecule has 1 aliphatic rings. The number of nitrogens with one attached hydrogen (secondary N) is 3. The molecule has 0 bridgehead atoms. The first kappa shape index (κ1) is 35.6. The first-order valence-electron chi connectivity index (χ1n) is 16.3. The van der Waals surface area contributed by atoms with E-state index in [9.17, 15) is 9.59 Å². The quantitative estimate of drug-likeness (QED) is 0.0846. The number of likely N-dealkylation sites (tertiary alicyclic amines) is 1. The summed E-state index contributed by atoms with van der Waals surface area (Å²) in [6.07, 6.45) is 6.74. The van der Waals surface area contributed by atoms with Crippen LogP contribution < -0.4 is 15.4 Å². The van der Waals surface area contributed by atoms with E-state index >= 15 is 0 Å². The summed E-state index contributed by atoms with van der Waals surface area (Å²) in [6.45, 7) is 6.75. The zero-order valence-corrected chi connectivity index (χ0v) is 27.5. The Hall–Kier alpha value is -3.84. The Kier molecular flexibility index (Phi) is 14.9. The van der Waals surface area contributed by atoms with Gasteiger partial charge in [0, 0.05) is 37.5 Å². The minimum absolute atomic E-state index is 0. The number of hydrogen-bond acceptors (Lipinski definition) is 4. The molecule has 0 spiro atoms. The summed E-state index contributed by atoms with van der Waals surface area (Å²) >= 11 is 0. The van der Waals surface area contributed by atoms with Crippen molar-refractivity contribution in [2.75, 3.05) is 26.2 Å². The van der Waals surface area contributed by atoms with Crippen molar-refractivity contribution < 1.29 is 14.3 Å². The minimum Gasteiger partial charge on any atom is -0.491 e. The summed E-state index contributed by atoms with van der Waals surface area (Å²) in [5.74, 6) is 0.911. The largest absolute Gasteiger partial charge is 0.491 e. The lowest BCUT2D eigenvalue weighted by Crippen LogP contribution is -2.38. The number of unbranched alkanes of at least 4 members (excludes halogenated alkanes) is 2. The van der Waals surface area contributed by atoms with Crippen molar-refractivity contribution in [1.82, 2.24) is 15.5 Å². The SMILES string of the molecule is CCCCNC(=N)c1ccc(-c2ccc(OC[C@@H]3C[C@@H](CC(=O)NCCCC)C(=O)N3CCCc3ccccc3)cc2)cc1.Cl. The van der Waals surface area contributed by atoms with Crippen molar-refractivity contribution in [3.05, 3.63) is 90.0 Å². The topological polar surface area (TPSA) is 94.5 Å². The molecule has 0 aromatic heterocycles. The third kappa shape index (κ3) is 10.9. The van der Waals surface area contributed by atoms with E-state index in [1.165, 1.54) is 5.56 Å². The number of amidine groups is 1. The van der Waals surface area contributed by atoms with Gasteiger partial charge >= 0.3 is 0 Å². The zero-order chi connectivity index (χ0) is 31.1. The molecule has 0 unspecified atom stereocenters. The van der Waals surface area contributed by atoms with Crippen LogP contribution in [0.15, 0.2) is 78.9 Å². The number of aryl methyl sites for hydroxylation is 1. The van der Waals surface area contributed by atoms with Gasteiger partial charge in [0.2, 0.25) is 11.8 Å². The predicted molar refractivity (Wildman–Crippen MR) is 185 cm³/mol. The molecule has 8 heteroatoms. The van der Waals surface area contributed by atoms with Crippen LogP contribution in [0.3, 0.4) is 0 Å². The highest BCUT2D eigenvalue weighted by Gasteiger charge is 2.40. The summed E-state index contributed by atoms with van der Waals surface area (Å²) < 4.78 is 6.22. The molecule has 1 fully saturated rings. The number of benzene rings is 3. The van der Waals surface area contributed by atoms with Gasteiger partial charge in [-0.3, -0.25) is 15.0 Å². The fourth-order valence-corrected chi connectivity index (χ4v) is 5.65. The van der Waals surface area contributed by atoms with Gasteiger partial charge in [-0.2, -0.15) is 0 Å². The lowest BCUT2D eigenvalue weighted by Gasteiger charge is -2.25. The van der Waals surface area contributed by atoms with E-state index < -0.39 is 0 Å². The highest BCUT2D eigenvalue weighted by molar-refractivity contribution is 5.96. The summed E-state index contributed by atoms with van der Waals surface area (Å²) in [6, 6.07) is 26.3. The third-order valence-electron chi connectivity index (χ3n) is 8.26. The number of carbonyl (C=O) groups is 2. The smallest absolute Gasteiger partial charge is 0.226 e. The maximum atomic E-state index is 13.4. The van der Waals surface area contributed by atoms with Crippen LogP contribution in [0.2, 0.25) is 0 Å². The Labute approximate surface area is 275 Å². The van der Waals surface area contributed by atoms with Gasteiger partial charge in [0.1, 0.15) is 18.2 Å². The zero-order valence-electron chi connectivity index (χ0n) is 26.7. The summed E-state index contributed by atoms with van der Waals surface area (Å²) in [5.41, 5.74) is 4.28. The van der Waals surface area contributed by atoms with Gasteiger partial charge in [0.25, 0.3) is 0 Å². The van der Waals surface area contributed by atoms with Gasteiger partial charge in [0.15, 0.2) is 0 Å². The summed E-state index contributed by atoms with van der Waals surface area (Å²) in [5, 5.41) is 14.4. The van der Waals surface area contributed by atoms with Crippen molar-refractivity contribution >= 4 is 30.1 Å². The molecule has 0 radical (unpaired) electrons. The first-order valence-corrected chi connectivity index (χ1v) is 16.3. The van der Waals surface area contributed by atoms with E-state index in [0.717, 1.165) is 67.5 Å². The maximum absolute atomic E-state index is 13.4. The van der Waals surface area contributed by atoms with Gasteiger partial charge < -0.3 is 20.3 Å². The molecule has 45 heavy (non-hydrogen) atoms. The fraction of sp³-hybridized carbons (Fsp3) is 0.432. The predicted octanol–water partition coefficient (Wildman–Crippen LogP) is 7.03. The number of hydrogen-bond donors (Lipinski definition) is 3. The van der Waals surface area contributed by atoms with Crippen LogP contribution in [0.4, 0.5) is 0 Å². The van der Waals surface area contributed by atoms with E-state index in [4.69, 9.17) is 10.1 Å². The normalized spacial score (nSPS) is 15.8. The van der Waals surface area contributed by atoms with Crippen molar-refractivity contribution in [2.24, 2.45) is 5.92 Å². The highest BCUT2D eigenvalue weighted by Crippen LogP contribution is 2.29. The minimum atomic E-state index is -0.310. The first-order chi connectivity index (χ1) is 21.5. The molecular weight excluding hydrogens is 584 g/mol. The molecule has 3 N–H and O–H groups in total. The number of amides is 2. The summed E-state index contributed by atoms with van der Waals surface area (Å²) in [7, 11) is 0. The number of carbonyl (C=O) groups excluding carboxylic acids is 2. The monoisotopic (exact) mass is 632 g/mol. The molecule has 1 aliphatic heterocycles. The second kappa shape index (κ2) is 18.8. The van der Waals surface area contributed by atoms with Gasteiger partial charge in [-0.05, 0) is 60.9 Å². The molecule has 1 saturated heterocycles. The van der Waals surface area contributed by atoms with Crippen molar-refractivity contribution in [3.8, 4) is 16.9 Å². The molecule has 3 aromatic rings. The number of ether oxygens (including phenoxy) is 1. The number of nitrogens with zero attached hydrogens (tertiary/aromatic N) is 1. The molecule has 7 nitrogen and oxygen atoms in total. The van der Waals surface area contributed by atoms with Gasteiger partial charge in [-0.1, -0.05) is 93.4 Å². The van der Waals surface area contributed by atoms with E-state index in [-0.39, 0.29) is 42.6 Å². The number of halogens is 1. The Morgan fingerprint density at radius 2 is 1.49 bits per heavy atom. The molecule has 2 amide bonds. The van der Waals surface area contributed by atoms with Gasteiger partial charge in [0.05, 0.1) is 6.04 Å². The molecule has 4 rings (SSSR count). The average Bonchev–Trinajstić information content (AvgIpc) is 3.34. The Morgan fingerprint density at radius 3 is 2.13 bits per heavy atom. The lowest BCUT2D eigenvalue weighted by atomic mass is 10.0. The van der Waals surface area contributed by atoms with E-state index in [0.29, 0.717) is 32.0 Å². The Balaban J connectivity index is 0.00000552. The van der Waals surface area contributed by atoms with E-state index in [1.54, 1.807) is 0 Å². The molecule has 3 aromatic carbocycles. The standard InChI is InChI=1S/C37H48N4O3.ClH/c1-3-5-22-39-35(42)26-32-25-33(41(37(32)43)24-10-13-28-11-8-7-9-12-28)27-44-34-20-18-30(19-21-34)29-14-16-31(17-15-29)36(38)40-23-6-4-2;/h7-9,11-12,14-21,32-33H,3-6,10,13,22-27H2,1-2H3,(H2,38,40)(H,39,42);1H/t32-,33-;/m0./s1. The average molecular weight is 633 g/mol. The van der Waals surface area contributed by atoms with Crippen LogP contribution in [0.25, 0.3) is 11.1 Å². The van der Waals surface area contributed by atoms with E-state index in [2.05, 4.69) is 36.6 Å². The molecule has 1 heterocycles. The van der Waals surface area contributed by atoms with Crippen LogP contribution in [-0.4, -0.2) is 54.8 Å². The van der Waals surface area contributed by atoms with E-state index in [1.807, 2.05) is 71.6 Å². The molecule has 242 valence electrons. The second-order valence-electron chi connectivity index (χ2n) is 11.7. The van der Waals surface area contributed by atoms with Crippen LogP contribution in [-0.2, 0) is 16.0 Å². The maximum Gasteiger partial charge on any atom is 0.226 e. The highest BCUT2D eigenvalue weighted by atomic mass is 35.5.